The zero-order valence-electron chi connectivity index (χ0n) is 10.3. The fraction of sp³-hybridized carbons (Fsp3) is 0.286. The van der Waals surface area contributed by atoms with Crippen LogP contribution in [0.1, 0.15) is 12.8 Å². The first-order valence-electron chi connectivity index (χ1n) is 6.29. The fourth-order valence-corrected chi connectivity index (χ4v) is 2.17. The van der Waals surface area contributed by atoms with Gasteiger partial charge in [0.05, 0.1) is 12.4 Å². The van der Waals surface area contributed by atoms with Crippen molar-refractivity contribution in [1.82, 2.24) is 15.3 Å². The van der Waals surface area contributed by atoms with Crippen LogP contribution in [0, 0.1) is 0 Å². The van der Waals surface area contributed by atoms with Gasteiger partial charge in [-0.25, -0.2) is 9.97 Å². The lowest BCUT2D eigenvalue weighted by atomic mass is 10.2. The van der Waals surface area contributed by atoms with E-state index in [0.717, 1.165) is 24.9 Å². The summed E-state index contributed by atoms with van der Waals surface area (Å²) in [5.41, 5.74) is 0.940. The van der Waals surface area contributed by atoms with Crippen LogP contribution in [0.2, 0.25) is 5.02 Å². The second-order valence-corrected chi connectivity index (χ2v) is 4.89. The molecule has 3 rings (SSSR count). The minimum Gasteiger partial charge on any atom is -0.472 e. The van der Waals surface area contributed by atoms with Gasteiger partial charge >= 0.3 is 0 Å². The summed E-state index contributed by atoms with van der Waals surface area (Å²) >= 11 is 5.85. The van der Waals surface area contributed by atoms with Gasteiger partial charge in [0.2, 0.25) is 0 Å². The molecule has 0 saturated carbocycles. The molecule has 1 atom stereocenters. The third-order valence-corrected chi connectivity index (χ3v) is 3.28. The van der Waals surface area contributed by atoms with E-state index >= 15 is 0 Å². The van der Waals surface area contributed by atoms with Crippen molar-refractivity contribution < 1.29 is 4.74 Å². The van der Waals surface area contributed by atoms with E-state index in [9.17, 15) is 0 Å². The number of ether oxygens (including phenoxy) is 1. The van der Waals surface area contributed by atoms with Gasteiger partial charge in [0.25, 0.3) is 0 Å². The van der Waals surface area contributed by atoms with Crippen LogP contribution in [0.4, 0.5) is 0 Å². The quantitative estimate of drug-likeness (QED) is 0.936. The molecular weight excluding hydrogens is 262 g/mol. The summed E-state index contributed by atoms with van der Waals surface area (Å²) < 4.78 is 5.73. The molecule has 1 saturated heterocycles. The van der Waals surface area contributed by atoms with Gasteiger partial charge in [-0.2, -0.15) is 0 Å². The molecule has 0 aliphatic carbocycles. The topological polar surface area (TPSA) is 47.0 Å². The van der Waals surface area contributed by atoms with Crippen molar-refractivity contribution in [3.63, 3.8) is 0 Å². The number of hydrogen-bond acceptors (Lipinski definition) is 4. The van der Waals surface area contributed by atoms with E-state index in [2.05, 4.69) is 15.3 Å². The smallest absolute Gasteiger partial charge is 0.159 e. The molecule has 2 aromatic rings. The molecule has 98 valence electrons. The third-order valence-electron chi connectivity index (χ3n) is 3.02. The van der Waals surface area contributed by atoms with Gasteiger partial charge in [-0.3, -0.25) is 5.32 Å². The standard InChI is InChI=1S/C14H14ClN3O/c15-11-5-3-10(4-6-11)14-17-8-12(9-18-14)19-13-2-1-7-16-13/h3-6,8-9,13,16H,1-2,7H2. The maximum atomic E-state index is 5.85. The Balaban J connectivity index is 1.72. The SMILES string of the molecule is Clc1ccc(-c2ncc(OC3CCCN3)cn2)cc1. The average molecular weight is 276 g/mol. The zero-order valence-corrected chi connectivity index (χ0v) is 11.1. The number of nitrogens with one attached hydrogen (secondary N) is 1. The van der Waals surface area contributed by atoms with Crippen LogP contribution in [0.25, 0.3) is 11.4 Å². The molecule has 1 aliphatic heterocycles. The zero-order chi connectivity index (χ0) is 13.1. The molecule has 5 heteroatoms. The minimum absolute atomic E-state index is 0.0879. The molecule has 0 radical (unpaired) electrons. The van der Waals surface area contributed by atoms with E-state index in [1.54, 1.807) is 12.4 Å². The summed E-state index contributed by atoms with van der Waals surface area (Å²) in [4.78, 5) is 8.63. The number of aromatic nitrogens is 2. The summed E-state index contributed by atoms with van der Waals surface area (Å²) in [7, 11) is 0. The lowest BCUT2D eigenvalue weighted by molar-refractivity contribution is 0.186. The Bertz CT molecular complexity index is 536. The highest BCUT2D eigenvalue weighted by molar-refractivity contribution is 6.30. The molecule has 1 aromatic heterocycles. The minimum atomic E-state index is 0.0879. The Morgan fingerprint density at radius 3 is 2.53 bits per heavy atom. The summed E-state index contributed by atoms with van der Waals surface area (Å²) in [6.45, 7) is 1.01. The van der Waals surface area contributed by atoms with Gasteiger partial charge in [0.1, 0.15) is 6.23 Å². The van der Waals surface area contributed by atoms with Gasteiger partial charge < -0.3 is 4.74 Å². The van der Waals surface area contributed by atoms with Crippen LogP contribution in [-0.4, -0.2) is 22.7 Å². The summed E-state index contributed by atoms with van der Waals surface area (Å²) in [5.74, 6) is 1.36. The third kappa shape index (κ3) is 3.03. The van der Waals surface area contributed by atoms with Crippen LogP contribution >= 0.6 is 11.6 Å². The molecule has 1 fully saturated rings. The van der Waals surface area contributed by atoms with Crippen molar-refractivity contribution in [2.24, 2.45) is 0 Å². The Labute approximate surface area is 116 Å². The van der Waals surface area contributed by atoms with E-state index in [0.29, 0.717) is 16.6 Å². The summed E-state index contributed by atoms with van der Waals surface area (Å²) in [6.07, 6.45) is 5.67. The highest BCUT2D eigenvalue weighted by Crippen LogP contribution is 2.20. The lowest BCUT2D eigenvalue weighted by Crippen LogP contribution is -2.27. The van der Waals surface area contributed by atoms with E-state index in [4.69, 9.17) is 16.3 Å². The Kier molecular flexibility index (Phi) is 3.62. The predicted octanol–water partition coefficient (Wildman–Crippen LogP) is 2.89. The fourth-order valence-electron chi connectivity index (χ4n) is 2.04. The monoisotopic (exact) mass is 275 g/mol. The second kappa shape index (κ2) is 5.55. The number of nitrogens with zero attached hydrogens (tertiary/aromatic N) is 2. The molecule has 1 aliphatic rings. The molecule has 1 N–H and O–H groups in total. The Hall–Kier alpha value is -1.65. The summed E-state index contributed by atoms with van der Waals surface area (Å²) in [5, 5.41) is 3.97. The summed E-state index contributed by atoms with van der Waals surface area (Å²) in [6, 6.07) is 7.45. The lowest BCUT2D eigenvalue weighted by Gasteiger charge is -2.12. The molecular formula is C14H14ClN3O. The molecule has 1 aromatic carbocycles. The number of benzene rings is 1. The Morgan fingerprint density at radius 1 is 1.16 bits per heavy atom. The first-order valence-corrected chi connectivity index (χ1v) is 6.67. The molecule has 0 bridgehead atoms. The van der Waals surface area contributed by atoms with Crippen molar-refractivity contribution in [2.45, 2.75) is 19.1 Å². The molecule has 0 spiro atoms. The molecule has 1 unspecified atom stereocenters. The first-order chi connectivity index (χ1) is 9.31. The highest BCUT2D eigenvalue weighted by Gasteiger charge is 2.15. The van der Waals surface area contributed by atoms with Gasteiger partial charge in [-0.15, -0.1) is 0 Å². The van der Waals surface area contributed by atoms with Gasteiger partial charge in [0.15, 0.2) is 11.6 Å². The predicted molar refractivity (Wildman–Crippen MR) is 74.1 cm³/mol. The first kappa shape index (κ1) is 12.4. The molecule has 0 amide bonds. The maximum Gasteiger partial charge on any atom is 0.159 e. The van der Waals surface area contributed by atoms with Gasteiger partial charge in [-0.05, 0) is 43.7 Å². The van der Waals surface area contributed by atoms with Gasteiger partial charge in [0, 0.05) is 10.6 Å². The number of halogens is 1. The van der Waals surface area contributed by atoms with E-state index in [1.165, 1.54) is 0 Å². The molecule has 4 nitrogen and oxygen atoms in total. The van der Waals surface area contributed by atoms with Crippen LogP contribution in [-0.2, 0) is 0 Å². The van der Waals surface area contributed by atoms with Crippen LogP contribution in [0.15, 0.2) is 36.7 Å². The van der Waals surface area contributed by atoms with Crippen LogP contribution in [0.5, 0.6) is 5.75 Å². The highest BCUT2D eigenvalue weighted by atomic mass is 35.5. The Morgan fingerprint density at radius 2 is 1.89 bits per heavy atom. The maximum absolute atomic E-state index is 5.85. The number of hydrogen-bond donors (Lipinski definition) is 1. The normalized spacial score (nSPS) is 18.5. The van der Waals surface area contributed by atoms with Gasteiger partial charge in [-0.1, -0.05) is 11.6 Å². The number of rotatable bonds is 3. The van der Waals surface area contributed by atoms with Crippen molar-refractivity contribution in [3.05, 3.63) is 41.7 Å². The van der Waals surface area contributed by atoms with Crippen molar-refractivity contribution in [2.75, 3.05) is 6.54 Å². The van der Waals surface area contributed by atoms with E-state index < -0.39 is 0 Å². The van der Waals surface area contributed by atoms with E-state index in [-0.39, 0.29) is 6.23 Å². The average Bonchev–Trinajstić information content (AvgIpc) is 2.94. The van der Waals surface area contributed by atoms with Crippen molar-refractivity contribution in [3.8, 4) is 17.1 Å². The molecule has 2 heterocycles. The molecule has 19 heavy (non-hydrogen) atoms. The van der Waals surface area contributed by atoms with Crippen molar-refractivity contribution in [1.29, 1.82) is 0 Å². The van der Waals surface area contributed by atoms with Crippen molar-refractivity contribution >= 4 is 11.6 Å². The van der Waals surface area contributed by atoms with Crippen LogP contribution in [0.3, 0.4) is 0 Å². The van der Waals surface area contributed by atoms with E-state index in [1.807, 2.05) is 24.3 Å². The largest absolute Gasteiger partial charge is 0.472 e. The van der Waals surface area contributed by atoms with Crippen LogP contribution < -0.4 is 10.1 Å². The second-order valence-electron chi connectivity index (χ2n) is 4.45.